The SMILES string of the molecule is C.C=CCOC(=O)NCC1CC(N(C)C)C(C)[C@H](O[C@H]([C@@H](C)C2=C(C)C(=O)OC(C)(C)O2)[C@@](C)(C[C@@H](C)CO[Si](c2ccccc2)(c2ccccc2)C(C)(C)C)OC)O1.C=CCOC(=O)NCC1CC(N(C)C)C(C)[C@H](Sc2ncccn2)O1.CO[C@](C)(C[C@@H](C)CO[Si](c1ccccc1)(c1ccccc1)C(C)(C)C)[C@H](O)[C@@H](C)C1=C(C)C(=O)OC(C)(C)O1. The van der Waals surface area contributed by atoms with E-state index >= 15 is 0 Å². The highest BCUT2D eigenvalue weighted by Crippen LogP contribution is 2.46. The molecular weight excluding hydrogens is 1630 g/mol. The Morgan fingerprint density at radius 2 is 0.935 bits per heavy atom. The zero-order chi connectivity index (χ0) is 91.2. The van der Waals surface area contributed by atoms with Crippen LogP contribution in [0.25, 0.3) is 0 Å². The number of aliphatic hydroxyl groups is 1. The highest BCUT2D eigenvalue weighted by Gasteiger charge is 2.55. The molecule has 16 atom stereocenters. The van der Waals surface area contributed by atoms with Crippen molar-refractivity contribution < 1.29 is 85.2 Å². The maximum Gasteiger partial charge on any atom is 0.407 e. The van der Waals surface area contributed by atoms with Gasteiger partial charge in [0.2, 0.25) is 11.6 Å². The Morgan fingerprint density at radius 3 is 1.30 bits per heavy atom. The Hall–Kier alpha value is -7.62. The van der Waals surface area contributed by atoms with Gasteiger partial charge in [0.05, 0.1) is 46.8 Å². The van der Waals surface area contributed by atoms with Gasteiger partial charge in [0.1, 0.15) is 30.2 Å². The fourth-order valence-electron chi connectivity index (χ4n) is 17.5. The van der Waals surface area contributed by atoms with Crippen molar-refractivity contribution in [1.29, 1.82) is 0 Å². The fraction of sp³-hybridized carbons (Fsp3) is 0.588. The van der Waals surface area contributed by atoms with E-state index in [9.17, 15) is 24.3 Å². The van der Waals surface area contributed by atoms with E-state index in [1.54, 1.807) is 74.2 Å². The number of ether oxygens (including phenoxy) is 11. The van der Waals surface area contributed by atoms with E-state index in [2.05, 4.69) is 231 Å². The molecule has 2 amide bonds. The number of methoxy groups -OCH3 is 2. The molecule has 4 aliphatic heterocycles. The number of rotatable bonds is 36. The molecule has 124 heavy (non-hydrogen) atoms. The number of carbonyl (C=O) groups excluding carboxylic acids is 4. The Bertz CT molecular complexity index is 4160. The second-order valence-electron chi connectivity index (χ2n) is 37.1. The van der Waals surface area contributed by atoms with Crippen molar-refractivity contribution in [2.75, 3.05) is 81.9 Å². The molecule has 24 nitrogen and oxygen atoms in total. The summed E-state index contributed by atoms with van der Waals surface area (Å²) in [7, 11) is 6.02. The minimum atomic E-state index is -2.82. The summed E-state index contributed by atoms with van der Waals surface area (Å²) in [4.78, 5) is 62.6. The molecule has 2 fully saturated rings. The Kier molecular flexibility index (Phi) is 39.3. The summed E-state index contributed by atoms with van der Waals surface area (Å²) in [5.74, 6) is -2.87. The summed E-state index contributed by atoms with van der Waals surface area (Å²) in [5, 5.41) is 22.5. The number of carbonyl (C=O) groups is 4. The molecule has 1 aromatic heterocycles. The molecule has 0 spiro atoms. The molecule has 0 saturated carbocycles. The van der Waals surface area contributed by atoms with Crippen molar-refractivity contribution in [2.24, 2.45) is 35.5 Å². The smallest absolute Gasteiger partial charge is 0.407 e. The molecular formula is C97H148N6O18SSi2. The van der Waals surface area contributed by atoms with E-state index in [-0.39, 0.29) is 78.7 Å². The summed E-state index contributed by atoms with van der Waals surface area (Å²) in [6.07, 6.45) is 5.34. The molecule has 27 heteroatoms. The van der Waals surface area contributed by atoms with Crippen LogP contribution in [0.5, 0.6) is 0 Å². The van der Waals surface area contributed by atoms with Crippen LogP contribution in [0.1, 0.15) is 172 Å². The third kappa shape index (κ3) is 27.2. The molecule has 9 rings (SSSR count). The first kappa shape index (κ1) is 105. The van der Waals surface area contributed by atoms with Crippen LogP contribution < -0.4 is 31.4 Å². The van der Waals surface area contributed by atoms with Gasteiger partial charge in [-0.25, -0.2) is 29.1 Å². The summed E-state index contributed by atoms with van der Waals surface area (Å²) in [6, 6.07) is 44.6. The number of aliphatic hydroxyl groups excluding tert-OH is 1. The predicted molar refractivity (Wildman–Crippen MR) is 496 cm³/mol. The van der Waals surface area contributed by atoms with Crippen molar-refractivity contribution in [3.63, 3.8) is 0 Å². The molecule has 0 aliphatic carbocycles. The molecule has 0 bridgehead atoms. The van der Waals surface area contributed by atoms with E-state index in [0.717, 1.165) is 6.42 Å². The van der Waals surface area contributed by atoms with E-state index in [0.29, 0.717) is 78.8 Å². The highest BCUT2D eigenvalue weighted by molar-refractivity contribution is 7.99. The van der Waals surface area contributed by atoms with Gasteiger partial charge in [0.25, 0.3) is 16.6 Å². The van der Waals surface area contributed by atoms with E-state index < -0.39 is 93.9 Å². The maximum absolute atomic E-state index is 13.2. The minimum Gasteiger partial charge on any atom is -0.456 e. The van der Waals surface area contributed by atoms with Gasteiger partial charge < -0.3 is 86.5 Å². The zero-order valence-corrected chi connectivity index (χ0v) is 80.9. The molecule has 6 unspecified atom stereocenters. The second-order valence-corrected chi connectivity index (χ2v) is 46.8. The third-order valence-corrected chi connectivity index (χ3v) is 35.1. The van der Waals surface area contributed by atoms with Crippen molar-refractivity contribution >= 4 is 73.3 Å². The van der Waals surface area contributed by atoms with Gasteiger partial charge in [-0.3, -0.25) is 0 Å². The number of nitrogens with zero attached hydrogens (tertiary/aromatic N) is 4. The number of esters is 2. The standard InChI is InChI=1S/C46H70N2O9Si.C33H48O6Si.C17H26N4O3S.CH4/c1-15-26-52-43(50)47-29-35-27-38(48(12)13)32(3)42(54-35)55-40(33(4)39-34(5)41(49)57-45(9,10)56-39)46(11,51-14)28-31(2)30-53-58(44(6,7)8,36-22-18-16-19-23-36)37-24-20-17-21-25-37;1-23(21-33(9,36-10)29(34)24(2)28-25(3)30(35)39-32(7,8)38-28)22-37-40(31(4,5)6,26-17-13-11-14-18-26)27-19-15-12-16-20-27;1-5-9-23-17(22)20-11-13-10-14(21(3)4)12(2)15(24-13)25-16-18-7-6-8-19-16;/h15-25,31-33,35,38,40,42H,1,26-30H2,2-14H3,(H,47,50);11-20,23-24,29,34H,21-22H2,1-10H3;5-8,12-15H,1,9-11H2,2-4H3,(H,20,22);1H4/t31-,32?,33+,35?,38?,40-,42+,46-;23-,24+,29-,33-;12?,13?,14?,15-;/m110./s1. The molecule has 5 heterocycles. The Morgan fingerprint density at radius 1 is 0.573 bits per heavy atom. The predicted octanol–water partition coefficient (Wildman–Crippen LogP) is 15.6. The Labute approximate surface area is 747 Å². The van der Waals surface area contributed by atoms with E-state index in [4.69, 9.17) is 61.0 Å². The lowest BCUT2D eigenvalue weighted by Gasteiger charge is -2.49. The van der Waals surface area contributed by atoms with Crippen LogP contribution in [-0.2, 0) is 70.5 Å². The van der Waals surface area contributed by atoms with Gasteiger partial charge in [-0.15, -0.1) is 0 Å². The van der Waals surface area contributed by atoms with Gasteiger partial charge in [0, 0.05) is 116 Å². The van der Waals surface area contributed by atoms with Gasteiger partial charge in [0.15, 0.2) is 11.4 Å². The van der Waals surface area contributed by atoms with Gasteiger partial charge in [-0.05, 0) is 130 Å². The summed E-state index contributed by atoms with van der Waals surface area (Å²) in [5.41, 5.74) is -1.17. The van der Waals surface area contributed by atoms with Gasteiger partial charge >= 0.3 is 24.1 Å². The number of cyclic esters (lactones) is 2. The number of alkyl carbamates (subject to hydrolysis) is 2. The van der Waals surface area contributed by atoms with Gasteiger partial charge in [-0.2, -0.15) is 0 Å². The van der Waals surface area contributed by atoms with Crippen molar-refractivity contribution in [1.82, 2.24) is 30.4 Å². The molecule has 0 radical (unpaired) electrons. The van der Waals surface area contributed by atoms with Crippen molar-refractivity contribution in [3.8, 4) is 0 Å². The number of hydrogen-bond acceptors (Lipinski definition) is 23. The monoisotopic (exact) mass is 1770 g/mol. The number of nitrogens with one attached hydrogen (secondary N) is 2. The first-order chi connectivity index (χ1) is 57.8. The number of amides is 2. The number of thioether (sulfide) groups is 1. The van der Waals surface area contributed by atoms with Crippen molar-refractivity contribution in [2.45, 2.75) is 258 Å². The number of hydrogen-bond donors (Lipinski definition) is 3. The molecule has 688 valence electrons. The molecule has 5 aromatic rings. The fourth-order valence-corrected chi connectivity index (χ4v) is 28.0. The van der Waals surface area contributed by atoms with E-state index in [1.807, 2.05) is 59.1 Å². The lowest BCUT2D eigenvalue weighted by Crippen LogP contribution is -2.67. The van der Waals surface area contributed by atoms with Crippen LogP contribution in [0.2, 0.25) is 10.1 Å². The Balaban J connectivity index is 0.000000311. The van der Waals surface area contributed by atoms with Crippen molar-refractivity contribution in [3.05, 3.63) is 188 Å². The molecule has 4 aliphatic rings. The molecule has 3 N–H and O–H groups in total. The topological polar surface area (TPSA) is 265 Å². The first-order valence-corrected chi connectivity index (χ1v) is 47.8. The first-order valence-electron chi connectivity index (χ1n) is 43.1. The largest absolute Gasteiger partial charge is 0.456 e. The summed E-state index contributed by atoms with van der Waals surface area (Å²) in [6.45, 7) is 49.4. The lowest BCUT2D eigenvalue weighted by molar-refractivity contribution is -0.286. The summed E-state index contributed by atoms with van der Waals surface area (Å²) >= 11 is 1.52. The van der Waals surface area contributed by atoms with Gasteiger partial charge in [-0.1, -0.05) is 249 Å². The third-order valence-electron chi connectivity index (χ3n) is 23.9. The van der Waals surface area contributed by atoms with Crippen LogP contribution in [0.3, 0.4) is 0 Å². The van der Waals surface area contributed by atoms with Crippen LogP contribution in [0.4, 0.5) is 9.59 Å². The second kappa shape index (κ2) is 46.4. The van der Waals surface area contributed by atoms with Crippen LogP contribution in [-0.4, -0.2) is 219 Å². The number of aromatic nitrogens is 2. The lowest BCUT2D eigenvalue weighted by atomic mass is 9.80. The van der Waals surface area contributed by atoms with Crippen LogP contribution in [0, 0.1) is 35.5 Å². The molecule has 2 saturated heterocycles. The highest BCUT2D eigenvalue weighted by atomic mass is 32.2. The average molecular weight is 1770 g/mol. The van der Waals surface area contributed by atoms with Crippen LogP contribution in [0.15, 0.2) is 193 Å². The maximum atomic E-state index is 13.2. The van der Waals surface area contributed by atoms with E-state index in [1.165, 1.54) is 44.7 Å². The normalized spacial score (nSPS) is 22.8. The minimum absolute atomic E-state index is 0. The molecule has 4 aromatic carbocycles. The number of benzene rings is 4. The quantitative estimate of drug-likeness (QED) is 0.0111. The summed E-state index contributed by atoms with van der Waals surface area (Å²) < 4.78 is 80.7. The van der Waals surface area contributed by atoms with Crippen LogP contribution >= 0.6 is 11.8 Å². The average Bonchev–Trinajstić information content (AvgIpc) is 0.743. The zero-order valence-electron chi connectivity index (χ0n) is 78.1.